The smallest absolute Gasteiger partial charge is 0.224 e. The van der Waals surface area contributed by atoms with Crippen LogP contribution in [0.2, 0.25) is 0 Å². The van der Waals surface area contributed by atoms with E-state index in [1.54, 1.807) is 12.4 Å². The molecule has 3 heterocycles. The van der Waals surface area contributed by atoms with Gasteiger partial charge in [0.1, 0.15) is 6.10 Å². The lowest BCUT2D eigenvalue weighted by Gasteiger charge is -2.43. The molecular weight excluding hydrogens is 282 g/mol. The van der Waals surface area contributed by atoms with Crippen LogP contribution in [0.5, 0.6) is 0 Å². The molecule has 0 aromatic carbocycles. The molecule has 2 atom stereocenters. The molecule has 2 saturated heterocycles. The van der Waals surface area contributed by atoms with Crippen LogP contribution in [0, 0.1) is 0 Å². The second kappa shape index (κ2) is 7.07. The molecule has 0 unspecified atom stereocenters. The Bertz CT molecular complexity index is 495. The molecule has 1 amide bonds. The summed E-state index contributed by atoms with van der Waals surface area (Å²) in [7, 11) is 2.00. The molecule has 0 saturated carbocycles. The van der Waals surface area contributed by atoms with Crippen LogP contribution in [0.4, 0.5) is 5.69 Å². The Labute approximate surface area is 131 Å². The van der Waals surface area contributed by atoms with Crippen molar-refractivity contribution in [1.82, 2.24) is 9.88 Å². The third-order valence-electron chi connectivity index (χ3n) is 4.42. The lowest BCUT2D eigenvalue weighted by molar-refractivity contribution is -0.161. The van der Waals surface area contributed by atoms with Crippen molar-refractivity contribution >= 4 is 11.6 Å². The molecule has 1 aromatic heterocycles. The van der Waals surface area contributed by atoms with E-state index in [4.69, 9.17) is 9.47 Å². The summed E-state index contributed by atoms with van der Waals surface area (Å²) in [6, 6.07) is 4.09. The van der Waals surface area contributed by atoms with Gasteiger partial charge in [-0.2, -0.15) is 0 Å². The van der Waals surface area contributed by atoms with E-state index in [1.165, 1.54) is 0 Å². The molecular formula is C16H23N3O3. The van der Waals surface area contributed by atoms with Crippen LogP contribution in [0.1, 0.15) is 12.8 Å². The number of fused-ring (bicyclic) bond motifs is 1. The molecule has 120 valence electrons. The largest absolute Gasteiger partial charge is 0.379 e. The quantitative estimate of drug-likeness (QED) is 0.828. The number of ether oxygens (including phenoxy) is 2. The number of carbonyl (C=O) groups is 1. The van der Waals surface area contributed by atoms with Gasteiger partial charge in [-0.05, 0) is 18.6 Å². The van der Waals surface area contributed by atoms with E-state index < -0.39 is 0 Å². The molecule has 1 aromatic rings. The number of hydrogen-bond acceptors (Lipinski definition) is 5. The minimum atomic E-state index is 0.0457. The molecule has 3 rings (SSSR count). The molecule has 22 heavy (non-hydrogen) atoms. The third-order valence-corrected chi connectivity index (χ3v) is 4.42. The number of anilines is 1. The van der Waals surface area contributed by atoms with Crippen LogP contribution >= 0.6 is 0 Å². The fourth-order valence-corrected chi connectivity index (χ4v) is 3.13. The normalized spacial score (nSPS) is 24.7. The first kappa shape index (κ1) is 15.2. The van der Waals surface area contributed by atoms with E-state index in [1.807, 2.05) is 24.1 Å². The summed E-state index contributed by atoms with van der Waals surface area (Å²) in [6.07, 6.45) is 4.97. The van der Waals surface area contributed by atoms with Crippen molar-refractivity contribution in [2.24, 2.45) is 0 Å². The number of amides is 1. The summed E-state index contributed by atoms with van der Waals surface area (Å²) in [5.41, 5.74) is 1.08. The second-order valence-electron chi connectivity index (χ2n) is 5.80. The van der Waals surface area contributed by atoms with Gasteiger partial charge in [0.05, 0.1) is 19.3 Å². The molecule has 0 radical (unpaired) electrons. The predicted octanol–water partition coefficient (Wildman–Crippen LogP) is 0.924. The highest BCUT2D eigenvalue weighted by molar-refractivity contribution is 5.77. The monoisotopic (exact) mass is 305 g/mol. The van der Waals surface area contributed by atoms with Crippen molar-refractivity contribution < 1.29 is 14.3 Å². The first-order chi connectivity index (χ1) is 10.8. The minimum Gasteiger partial charge on any atom is -0.379 e. The molecule has 0 bridgehead atoms. The first-order valence-corrected chi connectivity index (χ1v) is 7.85. The van der Waals surface area contributed by atoms with Gasteiger partial charge in [-0.25, -0.2) is 0 Å². The highest BCUT2D eigenvalue weighted by Gasteiger charge is 2.37. The zero-order valence-electron chi connectivity index (χ0n) is 13.0. The van der Waals surface area contributed by atoms with Crippen LogP contribution in [0.25, 0.3) is 0 Å². The van der Waals surface area contributed by atoms with E-state index in [-0.39, 0.29) is 18.1 Å². The Hall–Kier alpha value is -1.66. The lowest BCUT2D eigenvalue weighted by atomic mass is 10.0. The number of nitrogens with zero attached hydrogens (tertiary/aromatic N) is 3. The number of morpholine rings is 1. The maximum atomic E-state index is 12.6. The van der Waals surface area contributed by atoms with E-state index in [0.717, 1.165) is 12.1 Å². The topological polar surface area (TPSA) is 54.9 Å². The summed E-state index contributed by atoms with van der Waals surface area (Å²) in [6.45, 7) is 3.32. The maximum absolute atomic E-state index is 12.6. The van der Waals surface area contributed by atoms with E-state index in [9.17, 15) is 4.79 Å². The van der Waals surface area contributed by atoms with Crippen molar-refractivity contribution in [2.45, 2.75) is 25.0 Å². The van der Waals surface area contributed by atoms with Gasteiger partial charge < -0.3 is 19.3 Å². The number of hydrogen-bond donors (Lipinski definition) is 0. The van der Waals surface area contributed by atoms with Gasteiger partial charge in [0, 0.05) is 51.2 Å². The number of aromatic nitrogens is 1. The predicted molar refractivity (Wildman–Crippen MR) is 82.8 cm³/mol. The van der Waals surface area contributed by atoms with Crippen LogP contribution in [-0.2, 0) is 14.3 Å². The third kappa shape index (κ3) is 3.39. The average molecular weight is 305 g/mol. The van der Waals surface area contributed by atoms with Crippen LogP contribution in [0.15, 0.2) is 24.5 Å². The summed E-state index contributed by atoms with van der Waals surface area (Å²) < 4.78 is 11.2. The molecule has 6 nitrogen and oxygen atoms in total. The molecule has 2 fully saturated rings. The van der Waals surface area contributed by atoms with Gasteiger partial charge in [0.15, 0.2) is 0 Å². The van der Waals surface area contributed by atoms with Gasteiger partial charge in [0.2, 0.25) is 5.91 Å². The van der Waals surface area contributed by atoms with Gasteiger partial charge in [-0.3, -0.25) is 9.78 Å². The van der Waals surface area contributed by atoms with E-state index >= 15 is 0 Å². The fraction of sp³-hybridized carbons (Fsp3) is 0.625. The summed E-state index contributed by atoms with van der Waals surface area (Å²) in [5.74, 6) is 0.209. The molecule has 0 aliphatic carbocycles. The summed E-state index contributed by atoms with van der Waals surface area (Å²) in [5, 5.41) is 0. The van der Waals surface area contributed by atoms with Gasteiger partial charge >= 0.3 is 0 Å². The van der Waals surface area contributed by atoms with Crippen molar-refractivity contribution in [3.8, 4) is 0 Å². The Morgan fingerprint density at radius 3 is 3.05 bits per heavy atom. The lowest BCUT2D eigenvalue weighted by Crippen LogP contribution is -2.57. The van der Waals surface area contributed by atoms with Crippen molar-refractivity contribution in [3.05, 3.63) is 24.5 Å². The van der Waals surface area contributed by atoms with Gasteiger partial charge in [0.25, 0.3) is 0 Å². The van der Waals surface area contributed by atoms with Crippen molar-refractivity contribution in [2.75, 3.05) is 44.9 Å². The Kier molecular flexibility index (Phi) is 4.90. The SMILES string of the molecule is CN(CCC(=O)N1CCO[C@@H]2COCC[C@@H]21)c1ccncc1. The maximum Gasteiger partial charge on any atom is 0.224 e. The van der Waals surface area contributed by atoms with Crippen LogP contribution in [-0.4, -0.2) is 67.9 Å². The Morgan fingerprint density at radius 1 is 1.41 bits per heavy atom. The summed E-state index contributed by atoms with van der Waals surface area (Å²) >= 11 is 0. The van der Waals surface area contributed by atoms with Crippen molar-refractivity contribution in [3.63, 3.8) is 0 Å². The van der Waals surface area contributed by atoms with Crippen LogP contribution in [0.3, 0.4) is 0 Å². The standard InChI is InChI=1S/C16H23N3O3/c1-18(13-2-6-17-7-3-13)8-4-16(20)19-9-11-22-15-12-21-10-5-14(15)19/h2-3,6-7,14-15H,4-5,8-12H2,1H3/t14-,15+/m0/s1. The second-order valence-corrected chi connectivity index (χ2v) is 5.80. The molecule has 0 spiro atoms. The molecule has 2 aliphatic rings. The first-order valence-electron chi connectivity index (χ1n) is 7.85. The Balaban J connectivity index is 1.55. The zero-order chi connectivity index (χ0) is 15.4. The number of rotatable bonds is 4. The van der Waals surface area contributed by atoms with Crippen molar-refractivity contribution in [1.29, 1.82) is 0 Å². The van der Waals surface area contributed by atoms with Crippen LogP contribution < -0.4 is 4.90 Å². The van der Waals surface area contributed by atoms with Gasteiger partial charge in [-0.15, -0.1) is 0 Å². The molecule has 6 heteroatoms. The Morgan fingerprint density at radius 2 is 2.23 bits per heavy atom. The minimum absolute atomic E-state index is 0.0457. The highest BCUT2D eigenvalue weighted by Crippen LogP contribution is 2.22. The van der Waals surface area contributed by atoms with E-state index in [2.05, 4.69) is 9.88 Å². The zero-order valence-corrected chi connectivity index (χ0v) is 13.0. The van der Waals surface area contributed by atoms with Gasteiger partial charge in [-0.1, -0.05) is 0 Å². The van der Waals surface area contributed by atoms with E-state index in [0.29, 0.717) is 39.3 Å². The number of carbonyl (C=O) groups excluding carboxylic acids is 1. The average Bonchev–Trinajstić information content (AvgIpc) is 2.59. The molecule has 0 N–H and O–H groups in total. The fourth-order valence-electron chi connectivity index (χ4n) is 3.13. The summed E-state index contributed by atoms with van der Waals surface area (Å²) in [4.78, 5) is 20.7. The highest BCUT2D eigenvalue weighted by atomic mass is 16.5. The molecule has 2 aliphatic heterocycles. The number of pyridine rings is 1.